The first kappa shape index (κ1) is 10.9. The van der Waals surface area contributed by atoms with E-state index in [1.165, 1.54) is 11.1 Å². The van der Waals surface area contributed by atoms with Crippen LogP contribution in [-0.2, 0) is 13.0 Å². The normalized spacial score (nSPS) is 24.5. The maximum absolute atomic E-state index is 6.18. The molecule has 2 aliphatic rings. The maximum Gasteiger partial charge on any atom is 0.196 e. The molecule has 19 heavy (non-hydrogen) atoms. The summed E-state index contributed by atoms with van der Waals surface area (Å²) in [5.41, 5.74) is 1.93. The third-order valence-electron chi connectivity index (χ3n) is 3.84. The molecule has 0 bridgehead atoms. The van der Waals surface area contributed by atoms with E-state index in [-0.39, 0.29) is 0 Å². The molecule has 0 fully saturated rings. The molecule has 0 saturated heterocycles. The van der Waals surface area contributed by atoms with Gasteiger partial charge in [-0.15, -0.1) is 0 Å². The first-order valence-electron chi connectivity index (χ1n) is 6.55. The number of fused-ring (bicyclic) bond motifs is 3. The van der Waals surface area contributed by atoms with Crippen molar-refractivity contribution in [3.8, 4) is 11.5 Å². The highest BCUT2D eigenvalue weighted by molar-refractivity contribution is 5.39. The highest BCUT2D eigenvalue weighted by Gasteiger charge is 2.44. The molecule has 1 atom stereocenters. The molecular formula is C16H15NO2. The van der Waals surface area contributed by atoms with E-state index < -0.39 is 5.72 Å². The van der Waals surface area contributed by atoms with Gasteiger partial charge in [-0.3, -0.25) is 0 Å². The van der Waals surface area contributed by atoms with Crippen molar-refractivity contribution in [3.63, 3.8) is 0 Å². The average Bonchev–Trinajstić information content (AvgIpc) is 2.42. The second-order valence-corrected chi connectivity index (χ2v) is 5.30. The maximum atomic E-state index is 6.18. The van der Waals surface area contributed by atoms with Crippen molar-refractivity contribution < 1.29 is 9.57 Å². The van der Waals surface area contributed by atoms with E-state index in [2.05, 4.69) is 19.1 Å². The van der Waals surface area contributed by atoms with Gasteiger partial charge in [0.1, 0.15) is 5.75 Å². The quantitative estimate of drug-likeness (QED) is 0.720. The number of ether oxygens (including phenoxy) is 1. The van der Waals surface area contributed by atoms with Crippen LogP contribution in [0.5, 0.6) is 11.5 Å². The molecular weight excluding hydrogens is 238 g/mol. The number of para-hydroxylation sites is 2. The lowest BCUT2D eigenvalue weighted by Gasteiger charge is -2.46. The fraction of sp³-hybridized carbons (Fsp3) is 0.250. The minimum Gasteiger partial charge on any atom is -0.469 e. The van der Waals surface area contributed by atoms with Gasteiger partial charge in [0.05, 0.1) is 6.54 Å². The SMILES string of the molecule is CC12Cc3ccccc3ON1Cc1ccccc1O2. The highest BCUT2D eigenvalue weighted by atomic mass is 16.7. The molecule has 0 aromatic heterocycles. The Bertz CT molecular complexity index is 587. The lowest BCUT2D eigenvalue weighted by atomic mass is 9.98. The van der Waals surface area contributed by atoms with Gasteiger partial charge in [-0.2, -0.15) is 0 Å². The van der Waals surface area contributed by atoms with Crippen LogP contribution in [0.4, 0.5) is 0 Å². The Morgan fingerprint density at radius 1 is 0.947 bits per heavy atom. The summed E-state index contributed by atoms with van der Waals surface area (Å²) in [6.07, 6.45) is 0.831. The number of hydroxylamine groups is 2. The number of rotatable bonds is 0. The van der Waals surface area contributed by atoms with E-state index in [0.717, 1.165) is 24.5 Å². The largest absolute Gasteiger partial charge is 0.469 e. The molecule has 0 saturated carbocycles. The molecule has 4 rings (SSSR count). The van der Waals surface area contributed by atoms with Crippen LogP contribution >= 0.6 is 0 Å². The Morgan fingerprint density at radius 3 is 2.47 bits per heavy atom. The minimum absolute atomic E-state index is 0.428. The van der Waals surface area contributed by atoms with Crippen LogP contribution in [-0.4, -0.2) is 10.8 Å². The van der Waals surface area contributed by atoms with Crippen molar-refractivity contribution in [3.05, 3.63) is 59.7 Å². The molecule has 1 unspecified atom stereocenters. The second-order valence-electron chi connectivity index (χ2n) is 5.30. The topological polar surface area (TPSA) is 21.7 Å². The molecule has 0 spiro atoms. The monoisotopic (exact) mass is 253 g/mol. The summed E-state index contributed by atoms with van der Waals surface area (Å²) < 4.78 is 6.18. The summed E-state index contributed by atoms with van der Waals surface area (Å²) in [7, 11) is 0. The van der Waals surface area contributed by atoms with Crippen LogP contribution in [0.15, 0.2) is 48.5 Å². The van der Waals surface area contributed by atoms with Gasteiger partial charge < -0.3 is 9.57 Å². The number of hydrogen-bond acceptors (Lipinski definition) is 3. The molecule has 2 aliphatic heterocycles. The molecule has 2 aromatic rings. The number of hydrogen-bond donors (Lipinski definition) is 0. The zero-order valence-corrected chi connectivity index (χ0v) is 10.8. The standard InChI is InChI=1S/C16H15NO2/c1-16-10-12-6-2-5-9-15(12)19-17(16)11-13-7-3-4-8-14(13)18-16/h2-9H,10-11H2,1H3. The van der Waals surface area contributed by atoms with Gasteiger partial charge in [0.15, 0.2) is 11.5 Å². The Kier molecular flexibility index (Phi) is 2.15. The molecule has 0 radical (unpaired) electrons. The van der Waals surface area contributed by atoms with E-state index in [0.29, 0.717) is 0 Å². The van der Waals surface area contributed by atoms with Gasteiger partial charge in [0, 0.05) is 17.5 Å². The van der Waals surface area contributed by atoms with Crippen molar-refractivity contribution in [1.29, 1.82) is 0 Å². The fourth-order valence-corrected chi connectivity index (χ4v) is 2.81. The van der Waals surface area contributed by atoms with Crippen LogP contribution in [0.25, 0.3) is 0 Å². The van der Waals surface area contributed by atoms with Crippen molar-refractivity contribution in [2.24, 2.45) is 0 Å². The Morgan fingerprint density at radius 2 is 1.63 bits per heavy atom. The van der Waals surface area contributed by atoms with Crippen LogP contribution < -0.4 is 9.57 Å². The number of nitrogens with zero attached hydrogens (tertiary/aromatic N) is 1. The molecule has 0 N–H and O–H groups in total. The predicted molar refractivity (Wildman–Crippen MR) is 71.8 cm³/mol. The van der Waals surface area contributed by atoms with Crippen LogP contribution in [0.1, 0.15) is 18.1 Å². The van der Waals surface area contributed by atoms with Crippen molar-refractivity contribution >= 4 is 0 Å². The zero-order chi connectivity index (χ0) is 12.9. The lowest BCUT2D eigenvalue weighted by molar-refractivity contribution is -0.246. The smallest absolute Gasteiger partial charge is 0.196 e. The first-order chi connectivity index (χ1) is 9.24. The Balaban J connectivity index is 1.77. The molecule has 3 nitrogen and oxygen atoms in total. The fourth-order valence-electron chi connectivity index (χ4n) is 2.81. The molecule has 0 amide bonds. The molecule has 3 heteroatoms. The Labute approximate surface area is 112 Å². The molecule has 96 valence electrons. The molecule has 2 aromatic carbocycles. The van der Waals surface area contributed by atoms with E-state index in [1.54, 1.807) is 0 Å². The van der Waals surface area contributed by atoms with E-state index in [9.17, 15) is 0 Å². The van der Waals surface area contributed by atoms with Gasteiger partial charge >= 0.3 is 0 Å². The van der Waals surface area contributed by atoms with Gasteiger partial charge in [0.2, 0.25) is 0 Å². The Hall–Kier alpha value is -2.00. The molecule has 2 heterocycles. The average molecular weight is 253 g/mol. The zero-order valence-electron chi connectivity index (χ0n) is 10.8. The van der Waals surface area contributed by atoms with Crippen molar-refractivity contribution in [2.45, 2.75) is 25.6 Å². The highest BCUT2D eigenvalue weighted by Crippen LogP contribution is 2.40. The third-order valence-corrected chi connectivity index (χ3v) is 3.84. The lowest BCUT2D eigenvalue weighted by Crippen LogP contribution is -2.58. The van der Waals surface area contributed by atoms with Crippen LogP contribution in [0.2, 0.25) is 0 Å². The van der Waals surface area contributed by atoms with E-state index in [1.807, 2.05) is 41.5 Å². The van der Waals surface area contributed by atoms with Gasteiger partial charge in [0.25, 0.3) is 0 Å². The van der Waals surface area contributed by atoms with E-state index >= 15 is 0 Å². The van der Waals surface area contributed by atoms with Crippen LogP contribution in [0.3, 0.4) is 0 Å². The van der Waals surface area contributed by atoms with E-state index in [4.69, 9.17) is 9.57 Å². The summed E-state index contributed by atoms with van der Waals surface area (Å²) in [5, 5.41) is 1.94. The summed E-state index contributed by atoms with van der Waals surface area (Å²) in [6.45, 7) is 2.83. The van der Waals surface area contributed by atoms with Crippen molar-refractivity contribution in [2.75, 3.05) is 0 Å². The first-order valence-corrected chi connectivity index (χ1v) is 6.55. The van der Waals surface area contributed by atoms with Crippen molar-refractivity contribution in [1.82, 2.24) is 5.06 Å². The third kappa shape index (κ3) is 1.62. The second kappa shape index (κ2) is 3.75. The minimum atomic E-state index is -0.428. The number of benzene rings is 2. The van der Waals surface area contributed by atoms with Crippen LogP contribution in [0, 0.1) is 0 Å². The van der Waals surface area contributed by atoms with Gasteiger partial charge in [-0.05, 0) is 19.1 Å². The van der Waals surface area contributed by atoms with Gasteiger partial charge in [-0.25, -0.2) is 0 Å². The summed E-state index contributed by atoms with van der Waals surface area (Å²) >= 11 is 0. The summed E-state index contributed by atoms with van der Waals surface area (Å²) in [6, 6.07) is 16.3. The summed E-state index contributed by atoms with van der Waals surface area (Å²) in [5.74, 6) is 1.90. The predicted octanol–water partition coefficient (Wildman–Crippen LogP) is 3.15. The molecule has 0 aliphatic carbocycles. The van der Waals surface area contributed by atoms with Gasteiger partial charge in [-0.1, -0.05) is 41.5 Å². The summed E-state index contributed by atoms with van der Waals surface area (Å²) in [4.78, 5) is 6.00.